The summed E-state index contributed by atoms with van der Waals surface area (Å²) >= 11 is 0. The zero-order chi connectivity index (χ0) is 9.54. The molecule has 1 radical (unpaired) electrons. The fourth-order valence-electron chi connectivity index (χ4n) is 2.10. The number of benzene rings is 1. The molecule has 0 spiro atoms. The average Bonchev–Trinajstić information content (AvgIpc) is 2.55. The largest absolute Gasteiger partial charge is 0.287 e. The maximum Gasteiger partial charge on any atom is 0.0961 e. The van der Waals surface area contributed by atoms with Crippen LogP contribution in [0.15, 0.2) is 42.5 Å². The summed E-state index contributed by atoms with van der Waals surface area (Å²) in [6.07, 6.45) is 9.41. The molecular weight excluding hydrogens is 172 g/mol. The summed E-state index contributed by atoms with van der Waals surface area (Å²) in [5, 5.41) is 4.25. The van der Waals surface area contributed by atoms with Crippen LogP contribution < -0.4 is 5.01 Å². The van der Waals surface area contributed by atoms with Crippen LogP contribution in [0.25, 0.3) is 0 Å². The predicted octanol–water partition coefficient (Wildman–Crippen LogP) is 2.28. The first-order valence-electron chi connectivity index (χ1n) is 4.76. The third-order valence-electron chi connectivity index (χ3n) is 2.79. The molecule has 0 saturated heterocycles. The average molecular weight is 183 g/mol. The van der Waals surface area contributed by atoms with Crippen LogP contribution in [0.4, 0.5) is 5.69 Å². The molecule has 2 aliphatic heterocycles. The lowest BCUT2D eigenvalue weighted by atomic mass is 10.1. The maximum absolute atomic E-state index is 3.23. The number of hydrazine groups is 1. The molecule has 0 fully saturated rings. The van der Waals surface area contributed by atoms with Crippen molar-refractivity contribution in [1.29, 1.82) is 0 Å². The first-order chi connectivity index (χ1) is 6.88. The second kappa shape index (κ2) is 2.64. The predicted molar refractivity (Wildman–Crippen MR) is 56.4 cm³/mol. The Labute approximate surface area is 83.7 Å². The van der Waals surface area contributed by atoms with Gasteiger partial charge in [0.15, 0.2) is 0 Å². The number of hydrogen-bond acceptors (Lipinski definition) is 2. The van der Waals surface area contributed by atoms with Gasteiger partial charge < -0.3 is 0 Å². The highest BCUT2D eigenvalue weighted by Gasteiger charge is 2.31. The Morgan fingerprint density at radius 3 is 3.07 bits per heavy atom. The van der Waals surface area contributed by atoms with Crippen molar-refractivity contribution in [1.82, 2.24) is 5.01 Å². The molecule has 2 nitrogen and oxygen atoms in total. The summed E-state index contributed by atoms with van der Waals surface area (Å²) in [6.45, 7) is 0. The van der Waals surface area contributed by atoms with Crippen LogP contribution in [0.5, 0.6) is 0 Å². The first kappa shape index (κ1) is 7.68. The molecule has 1 aromatic rings. The Morgan fingerprint density at radius 2 is 2.14 bits per heavy atom. The van der Waals surface area contributed by atoms with E-state index in [2.05, 4.69) is 59.7 Å². The molecule has 0 aromatic heterocycles. The standard InChI is InChI=1S/C12H11N2/c1-13-11-7-3-2-6-10(11)12-8-4-5-9-14(12)13/h2-8,12H,1H3. The second-order valence-electron chi connectivity index (χ2n) is 3.55. The summed E-state index contributed by atoms with van der Waals surface area (Å²) in [6, 6.07) is 8.81. The van der Waals surface area contributed by atoms with Crippen molar-refractivity contribution in [2.24, 2.45) is 0 Å². The van der Waals surface area contributed by atoms with E-state index in [1.807, 2.05) is 6.08 Å². The highest BCUT2D eigenvalue weighted by Crippen LogP contribution is 2.40. The third kappa shape index (κ3) is 0.854. The summed E-state index contributed by atoms with van der Waals surface area (Å²) < 4.78 is 0. The fourth-order valence-corrected chi connectivity index (χ4v) is 2.10. The Balaban J connectivity index is 2.17. The number of para-hydroxylation sites is 1. The van der Waals surface area contributed by atoms with E-state index >= 15 is 0 Å². The minimum absolute atomic E-state index is 0.334. The van der Waals surface area contributed by atoms with E-state index in [0.29, 0.717) is 6.04 Å². The van der Waals surface area contributed by atoms with Gasteiger partial charge in [-0.15, -0.1) is 0 Å². The fraction of sp³-hybridized carbons (Fsp3) is 0.167. The van der Waals surface area contributed by atoms with Crippen LogP contribution in [-0.2, 0) is 0 Å². The van der Waals surface area contributed by atoms with Crippen molar-refractivity contribution in [2.45, 2.75) is 6.04 Å². The van der Waals surface area contributed by atoms with E-state index in [1.165, 1.54) is 11.3 Å². The van der Waals surface area contributed by atoms with Crippen molar-refractivity contribution < 1.29 is 0 Å². The van der Waals surface area contributed by atoms with Gasteiger partial charge in [-0.25, -0.2) is 0 Å². The number of anilines is 1. The lowest BCUT2D eigenvalue weighted by molar-refractivity contribution is 0.324. The number of hydrogen-bond donors (Lipinski definition) is 0. The van der Waals surface area contributed by atoms with E-state index < -0.39 is 0 Å². The smallest absolute Gasteiger partial charge is 0.0961 e. The SMILES string of the molecule is CN1c2ccccc2C2C=CC=[C]N21. The molecule has 14 heavy (non-hydrogen) atoms. The van der Waals surface area contributed by atoms with Crippen LogP contribution in [0.3, 0.4) is 0 Å². The molecular formula is C12H11N2. The minimum Gasteiger partial charge on any atom is -0.287 e. The summed E-state index contributed by atoms with van der Waals surface area (Å²) in [7, 11) is 2.07. The molecule has 3 rings (SSSR count). The van der Waals surface area contributed by atoms with Crippen molar-refractivity contribution in [3.63, 3.8) is 0 Å². The highest BCUT2D eigenvalue weighted by molar-refractivity contribution is 5.59. The molecule has 0 bridgehead atoms. The number of rotatable bonds is 0. The number of allylic oxidation sites excluding steroid dienone is 2. The number of fused-ring (bicyclic) bond motifs is 3. The van der Waals surface area contributed by atoms with E-state index in [4.69, 9.17) is 0 Å². The highest BCUT2D eigenvalue weighted by atomic mass is 15.6. The summed E-state index contributed by atoms with van der Waals surface area (Å²) in [4.78, 5) is 0. The van der Waals surface area contributed by atoms with Crippen molar-refractivity contribution in [3.05, 3.63) is 54.3 Å². The van der Waals surface area contributed by atoms with Gasteiger partial charge in [0.05, 0.1) is 17.9 Å². The zero-order valence-electron chi connectivity index (χ0n) is 8.01. The Kier molecular flexibility index (Phi) is 1.45. The zero-order valence-corrected chi connectivity index (χ0v) is 8.01. The van der Waals surface area contributed by atoms with Gasteiger partial charge in [-0.2, -0.15) is 0 Å². The van der Waals surface area contributed by atoms with E-state index in [-0.39, 0.29) is 0 Å². The molecule has 2 heterocycles. The molecule has 0 N–H and O–H groups in total. The molecule has 2 aliphatic rings. The minimum atomic E-state index is 0.334. The topological polar surface area (TPSA) is 6.48 Å². The van der Waals surface area contributed by atoms with Gasteiger partial charge in [-0.05, 0) is 12.1 Å². The molecule has 2 heteroatoms. The van der Waals surface area contributed by atoms with E-state index in [9.17, 15) is 0 Å². The first-order valence-corrected chi connectivity index (χ1v) is 4.76. The van der Waals surface area contributed by atoms with E-state index in [1.54, 1.807) is 0 Å². The quantitative estimate of drug-likeness (QED) is 0.609. The van der Waals surface area contributed by atoms with Gasteiger partial charge in [-0.1, -0.05) is 30.4 Å². The maximum atomic E-state index is 3.23. The van der Waals surface area contributed by atoms with Gasteiger partial charge in [-0.3, -0.25) is 10.0 Å². The third-order valence-corrected chi connectivity index (χ3v) is 2.79. The molecule has 1 atom stereocenters. The molecule has 0 saturated carbocycles. The van der Waals surface area contributed by atoms with Crippen molar-refractivity contribution in [2.75, 3.05) is 12.1 Å². The summed E-state index contributed by atoms with van der Waals surface area (Å²) in [5.74, 6) is 0. The van der Waals surface area contributed by atoms with Crippen LogP contribution in [0.1, 0.15) is 11.6 Å². The van der Waals surface area contributed by atoms with Gasteiger partial charge in [0, 0.05) is 12.6 Å². The van der Waals surface area contributed by atoms with Crippen LogP contribution >= 0.6 is 0 Å². The van der Waals surface area contributed by atoms with Gasteiger partial charge in [0.25, 0.3) is 0 Å². The van der Waals surface area contributed by atoms with Gasteiger partial charge in [0.2, 0.25) is 0 Å². The van der Waals surface area contributed by atoms with Crippen LogP contribution in [0.2, 0.25) is 0 Å². The molecule has 0 amide bonds. The number of nitrogens with zero attached hydrogens (tertiary/aromatic N) is 2. The second-order valence-corrected chi connectivity index (χ2v) is 3.55. The van der Waals surface area contributed by atoms with Gasteiger partial charge in [0.1, 0.15) is 0 Å². The Bertz CT molecular complexity index is 420. The van der Waals surface area contributed by atoms with E-state index in [0.717, 1.165) is 0 Å². The van der Waals surface area contributed by atoms with Crippen LogP contribution in [0, 0.1) is 6.20 Å². The lowest BCUT2D eigenvalue weighted by Crippen LogP contribution is -2.32. The Hall–Kier alpha value is -1.70. The van der Waals surface area contributed by atoms with Crippen molar-refractivity contribution in [3.8, 4) is 0 Å². The van der Waals surface area contributed by atoms with Crippen LogP contribution in [-0.4, -0.2) is 12.1 Å². The summed E-state index contributed by atoms with van der Waals surface area (Å²) in [5.41, 5.74) is 2.62. The van der Waals surface area contributed by atoms with Gasteiger partial charge >= 0.3 is 0 Å². The normalized spacial score (nSPS) is 22.5. The monoisotopic (exact) mass is 183 g/mol. The molecule has 0 aliphatic carbocycles. The van der Waals surface area contributed by atoms with Crippen molar-refractivity contribution >= 4 is 5.69 Å². The lowest BCUT2D eigenvalue weighted by Gasteiger charge is -2.29. The molecule has 1 aromatic carbocycles. The molecule has 1 unspecified atom stereocenters. The Morgan fingerprint density at radius 1 is 1.29 bits per heavy atom. The molecule has 69 valence electrons.